The lowest BCUT2D eigenvalue weighted by molar-refractivity contribution is -0.389. The number of nitrogens with zero attached hydrogens (tertiary/aromatic N) is 3. The van der Waals surface area contributed by atoms with Crippen molar-refractivity contribution in [3.05, 3.63) is 33.4 Å². The highest BCUT2D eigenvalue weighted by molar-refractivity contribution is 5.45. The summed E-state index contributed by atoms with van der Waals surface area (Å²) in [4.78, 5) is 12.1. The maximum absolute atomic E-state index is 12.9. The lowest BCUT2D eigenvalue weighted by Gasteiger charge is -2.06. The molecule has 0 spiro atoms. The minimum Gasteiger partial charge on any atom is -0.258 e. The van der Waals surface area contributed by atoms with E-state index in [1.165, 1.54) is 0 Å². The van der Waals surface area contributed by atoms with Gasteiger partial charge in [0, 0.05) is 11.8 Å². The quantitative estimate of drug-likeness (QED) is 0.453. The summed E-state index contributed by atoms with van der Waals surface area (Å²) >= 11 is 0. The van der Waals surface area contributed by atoms with E-state index in [-0.39, 0.29) is 5.56 Å². The summed E-state index contributed by atoms with van der Waals surface area (Å²) in [6, 6.07) is 1.55. The van der Waals surface area contributed by atoms with E-state index in [1.54, 1.807) is 6.07 Å². The Balaban J connectivity index is 3.51. The van der Waals surface area contributed by atoms with Gasteiger partial charge in [0.15, 0.2) is 0 Å². The predicted molar refractivity (Wildman–Crippen MR) is 45.1 cm³/mol. The molecule has 0 N–H and O–H groups in total. The molecule has 1 aromatic rings. The number of alkyl halides is 2. The molecule has 16 heavy (non-hydrogen) atoms. The molecule has 0 saturated carbocycles. The molecule has 1 aromatic heterocycles. The van der Waals surface area contributed by atoms with Crippen molar-refractivity contribution in [2.24, 2.45) is 0 Å². The molecule has 0 radical (unpaired) electrons. The molecule has 0 fully saturated rings. The Bertz CT molecular complexity index is 470. The first kappa shape index (κ1) is 11.9. The third-order valence-electron chi connectivity index (χ3n) is 1.80. The maximum Gasteiger partial charge on any atom is 0.333 e. The van der Waals surface area contributed by atoms with E-state index < -0.39 is 35.0 Å². The van der Waals surface area contributed by atoms with E-state index in [9.17, 15) is 23.3 Å². The van der Waals surface area contributed by atoms with Gasteiger partial charge in [-0.1, -0.05) is 0 Å². The highest BCUT2D eigenvalue weighted by Gasteiger charge is 2.30. The molecular formula is C8H4F3N3O2. The van der Waals surface area contributed by atoms with Gasteiger partial charge in [-0.2, -0.15) is 9.65 Å². The van der Waals surface area contributed by atoms with Crippen LogP contribution in [0.25, 0.3) is 0 Å². The molecule has 0 aliphatic rings. The lowest BCUT2D eigenvalue weighted by Crippen LogP contribution is -2.05. The highest BCUT2D eigenvalue weighted by Crippen LogP contribution is 2.33. The summed E-state index contributed by atoms with van der Waals surface area (Å²) in [6.45, 7) is 0. The molecular weight excluding hydrogens is 227 g/mol. The second kappa shape index (κ2) is 4.57. The molecule has 0 saturated heterocycles. The summed E-state index contributed by atoms with van der Waals surface area (Å²) < 4.78 is 38.0. The first-order valence-electron chi connectivity index (χ1n) is 3.95. The topological polar surface area (TPSA) is 79.8 Å². The van der Waals surface area contributed by atoms with E-state index in [4.69, 9.17) is 5.26 Å². The molecule has 0 atom stereocenters. The Labute approximate surface area is 87.3 Å². The van der Waals surface area contributed by atoms with Crippen LogP contribution in [0, 0.1) is 27.4 Å². The number of nitriles is 1. The van der Waals surface area contributed by atoms with E-state index >= 15 is 0 Å². The van der Waals surface area contributed by atoms with Gasteiger partial charge < -0.3 is 0 Å². The van der Waals surface area contributed by atoms with Gasteiger partial charge in [-0.3, -0.25) is 10.1 Å². The highest BCUT2D eigenvalue weighted by atomic mass is 19.3. The standard InChI is InChI=1S/C8H4F3N3O2/c9-7(10)5-4(1-2-12)3-13-8(11)6(5)14(15)16/h3,7H,1H2. The Hall–Kier alpha value is -2.17. The third-order valence-corrected chi connectivity index (χ3v) is 1.80. The zero-order valence-corrected chi connectivity index (χ0v) is 7.65. The van der Waals surface area contributed by atoms with Crippen molar-refractivity contribution in [2.45, 2.75) is 12.8 Å². The van der Waals surface area contributed by atoms with E-state index in [2.05, 4.69) is 4.98 Å². The summed E-state index contributed by atoms with van der Waals surface area (Å²) in [7, 11) is 0. The molecule has 8 heteroatoms. The summed E-state index contributed by atoms with van der Waals surface area (Å²) in [5.41, 5.74) is -2.80. The van der Waals surface area contributed by atoms with Crippen LogP contribution in [0.3, 0.4) is 0 Å². The van der Waals surface area contributed by atoms with Crippen molar-refractivity contribution >= 4 is 5.69 Å². The zero-order chi connectivity index (χ0) is 12.3. The van der Waals surface area contributed by atoms with E-state index in [0.717, 1.165) is 0 Å². The first-order valence-corrected chi connectivity index (χ1v) is 3.95. The fourth-order valence-corrected chi connectivity index (χ4v) is 1.17. The van der Waals surface area contributed by atoms with Crippen molar-refractivity contribution in [2.75, 3.05) is 0 Å². The van der Waals surface area contributed by atoms with Crippen molar-refractivity contribution in [3.8, 4) is 6.07 Å². The Morgan fingerprint density at radius 2 is 2.25 bits per heavy atom. The molecule has 1 heterocycles. The van der Waals surface area contributed by atoms with Gasteiger partial charge in [0.2, 0.25) is 0 Å². The molecule has 5 nitrogen and oxygen atoms in total. The van der Waals surface area contributed by atoms with Gasteiger partial charge in [-0.05, 0) is 0 Å². The Kier molecular flexibility index (Phi) is 3.40. The molecule has 1 rings (SSSR count). The Morgan fingerprint density at radius 1 is 1.62 bits per heavy atom. The average Bonchev–Trinajstić information content (AvgIpc) is 2.19. The largest absolute Gasteiger partial charge is 0.333 e. The van der Waals surface area contributed by atoms with Crippen LogP contribution >= 0.6 is 0 Å². The molecule has 0 bridgehead atoms. The van der Waals surface area contributed by atoms with Crippen molar-refractivity contribution in [1.82, 2.24) is 4.98 Å². The Morgan fingerprint density at radius 3 is 2.69 bits per heavy atom. The molecule has 0 aliphatic carbocycles. The number of pyridine rings is 1. The van der Waals surface area contributed by atoms with Crippen LogP contribution in [0.15, 0.2) is 6.20 Å². The summed E-state index contributed by atoms with van der Waals surface area (Å²) in [5, 5.41) is 18.8. The van der Waals surface area contributed by atoms with E-state index in [0.29, 0.717) is 6.20 Å². The SMILES string of the molecule is N#CCc1cnc(F)c([N+](=O)[O-])c1C(F)F. The monoisotopic (exact) mass is 231 g/mol. The summed E-state index contributed by atoms with van der Waals surface area (Å²) in [5.74, 6) is -1.58. The number of halogens is 3. The maximum atomic E-state index is 12.9. The van der Waals surface area contributed by atoms with Crippen molar-refractivity contribution in [3.63, 3.8) is 0 Å². The van der Waals surface area contributed by atoms with Gasteiger partial charge in [-0.25, -0.2) is 13.8 Å². The van der Waals surface area contributed by atoms with Gasteiger partial charge in [0.1, 0.15) is 5.56 Å². The van der Waals surface area contributed by atoms with Crippen LogP contribution in [0.4, 0.5) is 18.9 Å². The smallest absolute Gasteiger partial charge is 0.258 e. The van der Waals surface area contributed by atoms with Gasteiger partial charge in [0.05, 0.1) is 17.4 Å². The number of hydrogen-bond acceptors (Lipinski definition) is 4. The minimum absolute atomic E-state index is 0.342. The van der Waals surface area contributed by atoms with Crippen molar-refractivity contribution in [1.29, 1.82) is 5.26 Å². The number of hydrogen-bond donors (Lipinski definition) is 0. The molecule has 0 aromatic carbocycles. The molecule has 0 aliphatic heterocycles. The second-order valence-corrected chi connectivity index (χ2v) is 2.73. The normalized spacial score (nSPS) is 10.2. The minimum atomic E-state index is -3.23. The van der Waals surface area contributed by atoms with Crippen LogP contribution in [0.5, 0.6) is 0 Å². The third kappa shape index (κ3) is 2.08. The fraction of sp³-hybridized carbons (Fsp3) is 0.250. The number of rotatable bonds is 3. The van der Waals surface area contributed by atoms with Crippen LogP contribution in [-0.4, -0.2) is 9.91 Å². The van der Waals surface area contributed by atoms with Gasteiger partial charge >= 0.3 is 5.69 Å². The molecule has 0 unspecified atom stereocenters. The van der Waals surface area contributed by atoms with Crippen molar-refractivity contribution < 1.29 is 18.1 Å². The van der Waals surface area contributed by atoms with Crippen LogP contribution in [-0.2, 0) is 6.42 Å². The van der Waals surface area contributed by atoms with Crippen LogP contribution in [0.1, 0.15) is 17.6 Å². The number of aromatic nitrogens is 1. The fourth-order valence-electron chi connectivity index (χ4n) is 1.17. The number of nitro groups is 1. The van der Waals surface area contributed by atoms with Crippen LogP contribution in [0.2, 0.25) is 0 Å². The van der Waals surface area contributed by atoms with Crippen LogP contribution < -0.4 is 0 Å². The average molecular weight is 231 g/mol. The van der Waals surface area contributed by atoms with E-state index in [1.807, 2.05) is 0 Å². The lowest BCUT2D eigenvalue weighted by atomic mass is 10.1. The summed E-state index contributed by atoms with van der Waals surface area (Å²) in [6.07, 6.45) is -3.03. The zero-order valence-electron chi connectivity index (χ0n) is 7.65. The first-order chi connectivity index (χ1) is 7.49. The van der Waals surface area contributed by atoms with Gasteiger partial charge in [0.25, 0.3) is 12.4 Å². The predicted octanol–water partition coefficient (Wildman–Crippen LogP) is 2.13. The molecule has 84 valence electrons. The molecule has 0 amide bonds. The van der Waals surface area contributed by atoms with Gasteiger partial charge in [-0.15, -0.1) is 0 Å². The second-order valence-electron chi connectivity index (χ2n) is 2.73.